The van der Waals surface area contributed by atoms with Crippen molar-refractivity contribution in [3.8, 4) is 0 Å². The molecule has 6 nitrogen and oxygen atoms in total. The van der Waals surface area contributed by atoms with Crippen LogP contribution in [-0.2, 0) is 24.2 Å². The topological polar surface area (TPSA) is 76.3 Å². The minimum Gasteiger partial charge on any atom is -0.289 e. The molecule has 28 heavy (non-hydrogen) atoms. The van der Waals surface area contributed by atoms with Crippen molar-refractivity contribution in [1.29, 1.82) is 0 Å². The van der Waals surface area contributed by atoms with Crippen molar-refractivity contribution in [1.82, 2.24) is 15.0 Å². The van der Waals surface area contributed by atoms with Crippen molar-refractivity contribution in [2.24, 2.45) is 11.0 Å². The lowest BCUT2D eigenvalue weighted by atomic mass is 9.89. The van der Waals surface area contributed by atoms with Gasteiger partial charge in [0.05, 0.1) is 17.9 Å². The molecule has 2 heterocycles. The molecule has 0 bridgehead atoms. The van der Waals surface area contributed by atoms with Crippen molar-refractivity contribution in [3.05, 3.63) is 62.5 Å². The number of benzene rings is 1. The summed E-state index contributed by atoms with van der Waals surface area (Å²) in [6.45, 7) is 4.14. The molecule has 1 N–H and O–H groups in total. The fraction of sp³-hybridized carbons (Fsp3) is 0.333. The highest BCUT2D eigenvalue weighted by atomic mass is 32.1. The van der Waals surface area contributed by atoms with E-state index in [1.54, 1.807) is 17.6 Å². The van der Waals surface area contributed by atoms with Crippen LogP contribution in [0.1, 0.15) is 34.9 Å². The van der Waals surface area contributed by atoms with Gasteiger partial charge in [0.15, 0.2) is 0 Å². The molecule has 1 aromatic carbocycles. The van der Waals surface area contributed by atoms with Crippen LogP contribution >= 0.6 is 11.3 Å². The maximum absolute atomic E-state index is 12.9. The van der Waals surface area contributed by atoms with Gasteiger partial charge < -0.3 is 0 Å². The van der Waals surface area contributed by atoms with Crippen LogP contribution in [0, 0.1) is 12.8 Å². The van der Waals surface area contributed by atoms with E-state index in [4.69, 9.17) is 0 Å². The van der Waals surface area contributed by atoms with Gasteiger partial charge in [0.2, 0.25) is 0 Å². The Hall–Kier alpha value is -2.80. The SMILES string of the molecule is Cc1ccc(C=NNC(=O)Cn2cnc3sc4c(c3c2=O)CC[C@H](C)C4)cc1. The smallest absolute Gasteiger partial charge is 0.262 e. The number of carbonyl (C=O) groups is 1. The quantitative estimate of drug-likeness (QED) is 0.546. The summed E-state index contributed by atoms with van der Waals surface area (Å²) in [7, 11) is 0. The van der Waals surface area contributed by atoms with Crippen molar-refractivity contribution in [3.63, 3.8) is 0 Å². The molecular formula is C21H22N4O2S. The second-order valence-electron chi connectivity index (χ2n) is 7.41. The number of aromatic nitrogens is 2. The van der Waals surface area contributed by atoms with Crippen molar-refractivity contribution in [2.45, 2.75) is 39.7 Å². The summed E-state index contributed by atoms with van der Waals surface area (Å²) in [6, 6.07) is 7.81. The molecule has 1 atom stereocenters. The lowest BCUT2D eigenvalue weighted by molar-refractivity contribution is -0.121. The van der Waals surface area contributed by atoms with Gasteiger partial charge >= 0.3 is 0 Å². The van der Waals surface area contributed by atoms with Gasteiger partial charge in [0, 0.05) is 4.88 Å². The molecule has 1 aliphatic carbocycles. The predicted octanol–water partition coefficient (Wildman–Crippen LogP) is 3.04. The first-order valence-corrected chi connectivity index (χ1v) is 10.2. The number of rotatable bonds is 4. The highest BCUT2D eigenvalue weighted by Crippen LogP contribution is 2.35. The Kier molecular flexibility index (Phi) is 5.09. The number of carbonyl (C=O) groups excluding carboxylic acids is 1. The van der Waals surface area contributed by atoms with Crippen molar-refractivity contribution < 1.29 is 4.79 Å². The summed E-state index contributed by atoms with van der Waals surface area (Å²) in [4.78, 5) is 31.6. The average Bonchev–Trinajstić information content (AvgIpc) is 3.04. The van der Waals surface area contributed by atoms with E-state index in [2.05, 4.69) is 22.4 Å². The van der Waals surface area contributed by atoms with Crippen LogP contribution in [-0.4, -0.2) is 21.7 Å². The second-order valence-corrected chi connectivity index (χ2v) is 8.50. The Balaban J connectivity index is 1.50. The molecule has 0 radical (unpaired) electrons. The molecule has 144 valence electrons. The molecule has 0 spiro atoms. The summed E-state index contributed by atoms with van der Waals surface area (Å²) in [6.07, 6.45) is 6.03. The zero-order valence-electron chi connectivity index (χ0n) is 15.9. The van der Waals surface area contributed by atoms with E-state index in [9.17, 15) is 9.59 Å². The van der Waals surface area contributed by atoms with Crippen LogP contribution in [0.3, 0.4) is 0 Å². The van der Waals surface area contributed by atoms with Gasteiger partial charge in [-0.25, -0.2) is 10.4 Å². The minimum absolute atomic E-state index is 0.103. The molecule has 7 heteroatoms. The van der Waals surface area contributed by atoms with E-state index in [1.165, 1.54) is 15.8 Å². The summed E-state index contributed by atoms with van der Waals surface area (Å²) in [5.41, 5.74) is 5.52. The van der Waals surface area contributed by atoms with E-state index in [-0.39, 0.29) is 18.0 Å². The van der Waals surface area contributed by atoms with E-state index < -0.39 is 0 Å². The number of nitrogens with zero attached hydrogens (tertiary/aromatic N) is 3. The Morgan fingerprint density at radius 3 is 2.96 bits per heavy atom. The largest absolute Gasteiger partial charge is 0.289 e. The third-order valence-electron chi connectivity index (χ3n) is 5.08. The number of thiophene rings is 1. The summed E-state index contributed by atoms with van der Waals surface area (Å²) in [5.74, 6) is 0.282. The first-order chi connectivity index (χ1) is 13.5. The normalized spacial score (nSPS) is 16.4. The molecular weight excluding hydrogens is 372 g/mol. The minimum atomic E-state index is -0.357. The maximum Gasteiger partial charge on any atom is 0.262 e. The first-order valence-electron chi connectivity index (χ1n) is 9.39. The molecule has 1 amide bonds. The Morgan fingerprint density at radius 2 is 2.18 bits per heavy atom. The summed E-state index contributed by atoms with van der Waals surface area (Å²) < 4.78 is 1.37. The zero-order valence-corrected chi connectivity index (χ0v) is 16.8. The number of hydrazone groups is 1. The number of aryl methyl sites for hydroxylation is 2. The van der Waals surface area contributed by atoms with Crippen molar-refractivity contribution >= 4 is 33.7 Å². The van der Waals surface area contributed by atoms with Gasteiger partial charge in [-0.1, -0.05) is 36.8 Å². The first kappa shape index (κ1) is 18.6. The second kappa shape index (κ2) is 7.67. The summed E-state index contributed by atoms with van der Waals surface area (Å²) >= 11 is 1.61. The van der Waals surface area contributed by atoms with Crippen LogP contribution in [0.15, 0.2) is 40.5 Å². The van der Waals surface area contributed by atoms with E-state index >= 15 is 0 Å². The molecule has 2 aromatic heterocycles. The molecule has 0 saturated heterocycles. The third-order valence-corrected chi connectivity index (χ3v) is 6.24. The standard InChI is InChI=1S/C21H22N4O2S/c1-13-3-6-15(7-4-13)10-23-24-18(26)11-25-12-22-20-19(21(25)27)16-8-5-14(2)9-17(16)28-20/h3-4,6-7,10,12,14H,5,8-9,11H2,1-2H3,(H,24,26)/t14-/m0/s1. The van der Waals surface area contributed by atoms with E-state index in [0.29, 0.717) is 11.3 Å². The highest BCUT2D eigenvalue weighted by Gasteiger charge is 2.23. The van der Waals surface area contributed by atoms with Gasteiger partial charge in [0.25, 0.3) is 11.5 Å². The monoisotopic (exact) mass is 394 g/mol. The van der Waals surface area contributed by atoms with Gasteiger partial charge in [-0.2, -0.15) is 5.10 Å². The van der Waals surface area contributed by atoms with E-state index in [0.717, 1.165) is 40.8 Å². The lowest BCUT2D eigenvalue weighted by Gasteiger charge is -2.17. The van der Waals surface area contributed by atoms with Crippen molar-refractivity contribution in [2.75, 3.05) is 0 Å². The number of amides is 1. The van der Waals surface area contributed by atoms with Gasteiger partial charge in [-0.15, -0.1) is 11.3 Å². The Bertz CT molecular complexity index is 1110. The van der Waals surface area contributed by atoms with Crippen LogP contribution in [0.4, 0.5) is 0 Å². The van der Waals surface area contributed by atoms with Gasteiger partial charge in [-0.3, -0.25) is 14.2 Å². The average molecular weight is 395 g/mol. The predicted molar refractivity (Wildman–Crippen MR) is 112 cm³/mol. The Morgan fingerprint density at radius 1 is 1.39 bits per heavy atom. The van der Waals surface area contributed by atoms with E-state index in [1.807, 2.05) is 31.2 Å². The van der Waals surface area contributed by atoms with Crippen LogP contribution in [0.2, 0.25) is 0 Å². The van der Waals surface area contributed by atoms with Crippen LogP contribution in [0.5, 0.6) is 0 Å². The Labute approximate surface area is 166 Å². The molecule has 0 fully saturated rings. The van der Waals surface area contributed by atoms with Gasteiger partial charge in [-0.05, 0) is 43.2 Å². The molecule has 0 saturated carbocycles. The molecule has 1 aliphatic rings. The fourth-order valence-electron chi connectivity index (χ4n) is 3.50. The van der Waals surface area contributed by atoms with Crippen LogP contribution < -0.4 is 11.0 Å². The molecule has 3 aromatic rings. The zero-order chi connectivity index (χ0) is 19.7. The number of nitrogens with one attached hydrogen (secondary N) is 1. The number of fused-ring (bicyclic) bond motifs is 3. The van der Waals surface area contributed by atoms with Crippen LogP contribution in [0.25, 0.3) is 10.2 Å². The summed E-state index contributed by atoms with van der Waals surface area (Å²) in [5, 5.41) is 4.66. The number of hydrogen-bond acceptors (Lipinski definition) is 5. The fourth-order valence-corrected chi connectivity index (χ4v) is 4.84. The molecule has 0 unspecified atom stereocenters. The highest BCUT2D eigenvalue weighted by molar-refractivity contribution is 7.18. The molecule has 0 aliphatic heterocycles. The van der Waals surface area contributed by atoms with Gasteiger partial charge in [0.1, 0.15) is 11.4 Å². The maximum atomic E-state index is 12.9. The lowest BCUT2D eigenvalue weighted by Crippen LogP contribution is -2.30. The third kappa shape index (κ3) is 3.75. The number of hydrogen-bond donors (Lipinski definition) is 1. The molecule has 4 rings (SSSR count).